The van der Waals surface area contributed by atoms with Crippen LogP contribution in [0.15, 0.2) is 42.5 Å². The minimum atomic E-state index is -0.0260. The first kappa shape index (κ1) is 18.1. The number of hydrogen-bond donors (Lipinski definition) is 2. The van der Waals surface area contributed by atoms with Gasteiger partial charge in [0.1, 0.15) is 5.82 Å². The topological polar surface area (TPSA) is 73.9 Å². The summed E-state index contributed by atoms with van der Waals surface area (Å²) >= 11 is 1.71. The average Bonchev–Trinajstić information content (AvgIpc) is 3.35. The molecule has 6 nitrogen and oxygen atoms in total. The van der Waals surface area contributed by atoms with Crippen molar-refractivity contribution < 1.29 is 4.79 Å². The van der Waals surface area contributed by atoms with Gasteiger partial charge in [-0.3, -0.25) is 4.79 Å². The standard InChI is InChI=1S/C22H23N5OS/c1-14-8-9-18-19(11-14)29-22(26-18)27-10-4-5-15(13-27)21(28)23-12-20-24-16-6-2-3-7-17(16)25-20/h2-3,6-9,11,15H,4-5,10,12-13H2,1H3,(H,23,28)(H,24,25). The molecule has 1 unspecified atom stereocenters. The number of fused-ring (bicyclic) bond motifs is 2. The third kappa shape index (κ3) is 3.70. The molecule has 0 radical (unpaired) electrons. The quantitative estimate of drug-likeness (QED) is 0.538. The molecule has 5 rings (SSSR count). The number of nitrogens with one attached hydrogen (secondary N) is 2. The van der Waals surface area contributed by atoms with Gasteiger partial charge in [-0.25, -0.2) is 9.97 Å². The van der Waals surface area contributed by atoms with Gasteiger partial charge in [0.2, 0.25) is 5.91 Å². The van der Waals surface area contributed by atoms with Gasteiger partial charge in [-0.1, -0.05) is 29.5 Å². The van der Waals surface area contributed by atoms with Crippen molar-refractivity contribution in [2.24, 2.45) is 5.92 Å². The summed E-state index contributed by atoms with van der Waals surface area (Å²) in [4.78, 5) is 27.6. The van der Waals surface area contributed by atoms with E-state index in [0.717, 1.165) is 46.9 Å². The fraction of sp³-hybridized carbons (Fsp3) is 0.318. The van der Waals surface area contributed by atoms with Crippen molar-refractivity contribution in [1.29, 1.82) is 0 Å². The Morgan fingerprint density at radius 3 is 3.03 bits per heavy atom. The second kappa shape index (κ2) is 7.48. The lowest BCUT2D eigenvalue weighted by molar-refractivity contribution is -0.125. The lowest BCUT2D eigenvalue weighted by Gasteiger charge is -2.31. The number of aromatic nitrogens is 3. The molecular formula is C22H23N5OS. The van der Waals surface area contributed by atoms with Crippen molar-refractivity contribution in [2.75, 3.05) is 18.0 Å². The molecule has 148 valence electrons. The van der Waals surface area contributed by atoms with Crippen LogP contribution in [0.4, 0.5) is 5.13 Å². The number of carbonyl (C=O) groups is 1. The van der Waals surface area contributed by atoms with Gasteiger partial charge >= 0.3 is 0 Å². The van der Waals surface area contributed by atoms with Gasteiger partial charge < -0.3 is 15.2 Å². The van der Waals surface area contributed by atoms with Crippen LogP contribution in [0.3, 0.4) is 0 Å². The first-order valence-electron chi connectivity index (χ1n) is 9.99. The molecule has 2 aromatic heterocycles. The number of aromatic amines is 1. The third-order valence-corrected chi connectivity index (χ3v) is 6.54. The maximum Gasteiger partial charge on any atom is 0.225 e. The molecule has 7 heteroatoms. The Labute approximate surface area is 173 Å². The van der Waals surface area contributed by atoms with Crippen LogP contribution < -0.4 is 10.2 Å². The lowest BCUT2D eigenvalue weighted by Crippen LogP contribution is -2.43. The van der Waals surface area contributed by atoms with Crippen LogP contribution in [0, 0.1) is 12.8 Å². The number of anilines is 1. The molecule has 0 aliphatic carbocycles. The Morgan fingerprint density at radius 1 is 1.24 bits per heavy atom. The van der Waals surface area contributed by atoms with Gasteiger partial charge in [0, 0.05) is 13.1 Å². The highest BCUT2D eigenvalue weighted by Crippen LogP contribution is 2.32. The maximum absolute atomic E-state index is 12.8. The molecular weight excluding hydrogens is 382 g/mol. The summed E-state index contributed by atoms with van der Waals surface area (Å²) in [6.07, 6.45) is 1.91. The molecule has 29 heavy (non-hydrogen) atoms. The molecule has 0 saturated carbocycles. The number of nitrogens with zero attached hydrogens (tertiary/aromatic N) is 3. The number of rotatable bonds is 4. The van der Waals surface area contributed by atoms with E-state index in [9.17, 15) is 4.79 Å². The predicted octanol–water partition coefficient (Wildman–Crippen LogP) is 4.01. The summed E-state index contributed by atoms with van der Waals surface area (Å²) in [5.74, 6) is 0.850. The van der Waals surface area contributed by atoms with E-state index in [-0.39, 0.29) is 11.8 Å². The molecule has 1 amide bonds. The Bertz CT molecular complexity index is 1150. The maximum atomic E-state index is 12.8. The average molecular weight is 406 g/mol. The summed E-state index contributed by atoms with van der Waals surface area (Å²) in [5.41, 5.74) is 4.19. The molecule has 1 aliphatic rings. The van der Waals surface area contributed by atoms with Gasteiger partial charge in [-0.05, 0) is 49.6 Å². The van der Waals surface area contributed by atoms with Gasteiger partial charge in [-0.2, -0.15) is 0 Å². The van der Waals surface area contributed by atoms with E-state index in [4.69, 9.17) is 4.98 Å². The summed E-state index contributed by atoms with van der Waals surface area (Å²) in [5, 5.41) is 4.07. The number of amides is 1. The Morgan fingerprint density at radius 2 is 2.14 bits per heavy atom. The summed E-state index contributed by atoms with van der Waals surface area (Å²) in [6, 6.07) is 14.2. The molecule has 0 spiro atoms. The second-order valence-corrected chi connectivity index (χ2v) is 8.68. The van der Waals surface area contributed by atoms with Gasteiger partial charge in [0.15, 0.2) is 5.13 Å². The molecule has 1 atom stereocenters. The number of benzene rings is 2. The molecule has 1 fully saturated rings. The Balaban J connectivity index is 1.25. The van der Waals surface area contributed by atoms with Crippen molar-refractivity contribution in [2.45, 2.75) is 26.3 Å². The third-order valence-electron chi connectivity index (χ3n) is 5.46. The number of hydrogen-bond acceptors (Lipinski definition) is 5. The van der Waals surface area contributed by atoms with Gasteiger partial charge in [0.25, 0.3) is 0 Å². The van der Waals surface area contributed by atoms with Crippen LogP contribution in [0.5, 0.6) is 0 Å². The number of H-pyrrole nitrogens is 1. The molecule has 1 saturated heterocycles. The number of aryl methyl sites for hydroxylation is 1. The normalized spacial score (nSPS) is 17.1. The molecule has 2 aromatic carbocycles. The van der Waals surface area contributed by atoms with Gasteiger partial charge in [0.05, 0.1) is 33.7 Å². The fourth-order valence-corrected chi connectivity index (χ4v) is 5.02. The van der Waals surface area contributed by atoms with Crippen LogP contribution in [-0.4, -0.2) is 33.9 Å². The second-order valence-electron chi connectivity index (χ2n) is 7.67. The van der Waals surface area contributed by atoms with E-state index in [1.165, 1.54) is 10.3 Å². The summed E-state index contributed by atoms with van der Waals surface area (Å²) in [6.45, 7) is 4.18. The van der Waals surface area contributed by atoms with E-state index in [1.807, 2.05) is 24.3 Å². The SMILES string of the molecule is Cc1ccc2nc(N3CCCC(C(=O)NCc4nc5ccccc5[nH]4)C3)sc2c1. The van der Waals surface area contributed by atoms with Gasteiger partial charge in [-0.15, -0.1) is 0 Å². The Kier molecular flexibility index (Phi) is 4.67. The van der Waals surface area contributed by atoms with Crippen molar-refractivity contribution in [3.05, 3.63) is 53.9 Å². The number of imidazole rings is 1. The number of carbonyl (C=O) groups excluding carboxylic acids is 1. The fourth-order valence-electron chi connectivity index (χ4n) is 3.92. The van der Waals surface area contributed by atoms with E-state index < -0.39 is 0 Å². The number of piperidine rings is 1. The number of thiazole rings is 1. The smallest absolute Gasteiger partial charge is 0.225 e. The highest BCUT2D eigenvalue weighted by atomic mass is 32.1. The van der Waals surface area contributed by atoms with E-state index in [1.54, 1.807) is 11.3 Å². The number of para-hydroxylation sites is 2. The highest BCUT2D eigenvalue weighted by molar-refractivity contribution is 7.22. The van der Waals surface area contributed by atoms with Crippen LogP contribution in [0.2, 0.25) is 0 Å². The summed E-state index contributed by atoms with van der Waals surface area (Å²) < 4.78 is 1.21. The zero-order chi connectivity index (χ0) is 19.8. The van der Waals surface area contributed by atoms with Crippen molar-refractivity contribution in [1.82, 2.24) is 20.3 Å². The van der Waals surface area contributed by atoms with Crippen molar-refractivity contribution in [3.8, 4) is 0 Å². The molecule has 1 aliphatic heterocycles. The van der Waals surface area contributed by atoms with Crippen LogP contribution in [0.1, 0.15) is 24.2 Å². The molecule has 2 N–H and O–H groups in total. The summed E-state index contributed by atoms with van der Waals surface area (Å²) in [7, 11) is 0. The lowest BCUT2D eigenvalue weighted by atomic mass is 9.97. The van der Waals surface area contributed by atoms with Crippen molar-refractivity contribution >= 4 is 43.6 Å². The first-order valence-corrected chi connectivity index (χ1v) is 10.8. The zero-order valence-corrected chi connectivity index (χ0v) is 17.1. The first-order chi connectivity index (χ1) is 14.2. The predicted molar refractivity (Wildman–Crippen MR) is 117 cm³/mol. The van der Waals surface area contributed by atoms with Crippen molar-refractivity contribution in [3.63, 3.8) is 0 Å². The minimum Gasteiger partial charge on any atom is -0.349 e. The van der Waals surface area contributed by atoms with E-state index in [2.05, 4.69) is 45.3 Å². The van der Waals surface area contributed by atoms with E-state index in [0.29, 0.717) is 13.1 Å². The van der Waals surface area contributed by atoms with Crippen LogP contribution in [-0.2, 0) is 11.3 Å². The largest absolute Gasteiger partial charge is 0.349 e. The molecule has 3 heterocycles. The Hall–Kier alpha value is -2.93. The molecule has 4 aromatic rings. The minimum absolute atomic E-state index is 0.0260. The van der Waals surface area contributed by atoms with E-state index >= 15 is 0 Å². The monoisotopic (exact) mass is 405 g/mol. The molecule has 0 bridgehead atoms. The highest BCUT2D eigenvalue weighted by Gasteiger charge is 2.27. The zero-order valence-electron chi connectivity index (χ0n) is 16.3. The van der Waals surface area contributed by atoms with Crippen LogP contribution in [0.25, 0.3) is 21.3 Å². The van der Waals surface area contributed by atoms with Crippen LogP contribution >= 0.6 is 11.3 Å².